The van der Waals surface area contributed by atoms with Gasteiger partial charge in [0.15, 0.2) is 0 Å². The minimum Gasteiger partial charge on any atom is -0.489 e. The third kappa shape index (κ3) is 5.03. The molecule has 0 bridgehead atoms. The molecular formula is C25H20FNO3S. The Morgan fingerprint density at radius 2 is 1.68 bits per heavy atom. The predicted octanol–water partition coefficient (Wildman–Crippen LogP) is 5.95. The van der Waals surface area contributed by atoms with Crippen molar-refractivity contribution in [2.75, 3.05) is 0 Å². The van der Waals surface area contributed by atoms with Crippen LogP contribution >= 0.6 is 11.8 Å². The van der Waals surface area contributed by atoms with Crippen molar-refractivity contribution in [3.63, 3.8) is 0 Å². The van der Waals surface area contributed by atoms with Gasteiger partial charge >= 0.3 is 0 Å². The molecule has 0 spiro atoms. The molecule has 1 aliphatic heterocycles. The zero-order valence-corrected chi connectivity index (χ0v) is 17.7. The van der Waals surface area contributed by atoms with Crippen molar-refractivity contribution in [3.8, 4) is 5.75 Å². The summed E-state index contributed by atoms with van der Waals surface area (Å²) in [5.41, 5.74) is 3.67. The Morgan fingerprint density at radius 1 is 0.968 bits per heavy atom. The summed E-state index contributed by atoms with van der Waals surface area (Å²) in [5, 5.41) is -0.265. The number of hydrogen-bond donors (Lipinski definition) is 0. The number of rotatable bonds is 6. The van der Waals surface area contributed by atoms with E-state index in [1.54, 1.807) is 30.3 Å². The summed E-state index contributed by atoms with van der Waals surface area (Å²) < 4.78 is 18.7. The van der Waals surface area contributed by atoms with Crippen LogP contribution in [-0.4, -0.2) is 16.0 Å². The second kappa shape index (κ2) is 9.18. The molecule has 3 aromatic rings. The third-order valence-electron chi connectivity index (χ3n) is 4.96. The zero-order chi connectivity index (χ0) is 21.8. The van der Waals surface area contributed by atoms with E-state index < -0.39 is 0 Å². The Balaban J connectivity index is 1.41. The number of halogens is 1. The van der Waals surface area contributed by atoms with Gasteiger partial charge in [0.05, 0.1) is 11.4 Å². The van der Waals surface area contributed by atoms with E-state index in [1.807, 2.05) is 43.3 Å². The van der Waals surface area contributed by atoms with Gasteiger partial charge in [-0.2, -0.15) is 0 Å². The first kappa shape index (κ1) is 20.9. The first-order valence-electron chi connectivity index (χ1n) is 9.77. The van der Waals surface area contributed by atoms with Crippen molar-refractivity contribution in [2.24, 2.45) is 0 Å². The van der Waals surface area contributed by atoms with E-state index in [4.69, 9.17) is 4.74 Å². The Labute approximate surface area is 184 Å². The van der Waals surface area contributed by atoms with Crippen molar-refractivity contribution in [2.45, 2.75) is 20.1 Å². The first-order valence-corrected chi connectivity index (χ1v) is 10.6. The molecule has 1 saturated heterocycles. The summed E-state index contributed by atoms with van der Waals surface area (Å²) >= 11 is 0.951. The molecule has 0 unspecified atom stereocenters. The van der Waals surface area contributed by atoms with Crippen molar-refractivity contribution in [3.05, 3.63) is 106 Å². The molecular weight excluding hydrogens is 413 g/mol. The SMILES string of the molecule is Cc1ccccc1CN1C(=O)S/C(=C\c2ccc(OCc3ccc(F)cc3)cc2)C1=O. The number of thioether (sulfide) groups is 1. The highest BCUT2D eigenvalue weighted by Crippen LogP contribution is 2.33. The van der Waals surface area contributed by atoms with Gasteiger partial charge in [0, 0.05) is 0 Å². The van der Waals surface area contributed by atoms with Gasteiger partial charge in [-0.25, -0.2) is 4.39 Å². The van der Waals surface area contributed by atoms with E-state index >= 15 is 0 Å². The minimum atomic E-state index is -0.283. The zero-order valence-electron chi connectivity index (χ0n) is 16.9. The quantitative estimate of drug-likeness (QED) is 0.451. The minimum absolute atomic E-state index is 0.265. The fraction of sp³-hybridized carbons (Fsp3) is 0.120. The molecule has 31 heavy (non-hydrogen) atoms. The highest BCUT2D eigenvalue weighted by molar-refractivity contribution is 8.18. The van der Waals surface area contributed by atoms with Crippen molar-refractivity contribution >= 4 is 29.0 Å². The summed E-state index contributed by atoms with van der Waals surface area (Å²) in [6.45, 7) is 2.56. The van der Waals surface area contributed by atoms with E-state index in [2.05, 4.69) is 0 Å². The molecule has 4 nitrogen and oxygen atoms in total. The molecule has 0 N–H and O–H groups in total. The molecule has 1 aliphatic rings. The van der Waals surface area contributed by atoms with Gasteiger partial charge in [-0.15, -0.1) is 0 Å². The summed E-state index contributed by atoms with van der Waals surface area (Å²) in [7, 11) is 0. The van der Waals surface area contributed by atoms with Crippen LogP contribution in [0.25, 0.3) is 6.08 Å². The number of ether oxygens (including phenoxy) is 1. The van der Waals surface area contributed by atoms with Crippen LogP contribution in [0.2, 0.25) is 0 Å². The molecule has 1 heterocycles. The van der Waals surface area contributed by atoms with Crippen LogP contribution in [0.1, 0.15) is 22.3 Å². The number of carbonyl (C=O) groups is 2. The maximum atomic E-state index is 13.0. The lowest BCUT2D eigenvalue weighted by atomic mass is 10.1. The van der Waals surface area contributed by atoms with Gasteiger partial charge in [-0.3, -0.25) is 14.5 Å². The van der Waals surface area contributed by atoms with Crippen LogP contribution in [0.15, 0.2) is 77.7 Å². The molecule has 6 heteroatoms. The van der Waals surface area contributed by atoms with Crippen LogP contribution in [0.4, 0.5) is 9.18 Å². The van der Waals surface area contributed by atoms with Gasteiger partial charge in [-0.05, 0) is 71.3 Å². The molecule has 0 aromatic heterocycles. The molecule has 0 saturated carbocycles. The van der Waals surface area contributed by atoms with Gasteiger partial charge in [0.1, 0.15) is 18.2 Å². The second-order valence-electron chi connectivity index (χ2n) is 7.18. The second-order valence-corrected chi connectivity index (χ2v) is 8.17. The molecule has 0 atom stereocenters. The van der Waals surface area contributed by atoms with Crippen LogP contribution in [0.5, 0.6) is 5.75 Å². The van der Waals surface area contributed by atoms with Crippen LogP contribution in [0, 0.1) is 12.7 Å². The Kier molecular flexibility index (Phi) is 6.18. The number of carbonyl (C=O) groups excluding carboxylic acids is 2. The monoisotopic (exact) mass is 433 g/mol. The maximum absolute atomic E-state index is 13.0. The number of aryl methyl sites for hydroxylation is 1. The number of amides is 2. The molecule has 0 radical (unpaired) electrons. The number of nitrogens with zero attached hydrogens (tertiary/aromatic N) is 1. The average Bonchev–Trinajstić information content (AvgIpc) is 3.03. The average molecular weight is 434 g/mol. The highest BCUT2D eigenvalue weighted by Gasteiger charge is 2.35. The largest absolute Gasteiger partial charge is 0.489 e. The number of hydrogen-bond acceptors (Lipinski definition) is 4. The van der Waals surface area contributed by atoms with Crippen molar-refractivity contribution in [1.29, 1.82) is 0 Å². The normalized spacial score (nSPS) is 15.0. The third-order valence-corrected chi connectivity index (χ3v) is 5.87. The van der Waals surface area contributed by atoms with Crippen molar-refractivity contribution < 1.29 is 18.7 Å². The van der Waals surface area contributed by atoms with E-state index in [0.717, 1.165) is 34.0 Å². The van der Waals surface area contributed by atoms with Gasteiger partial charge in [0.25, 0.3) is 11.1 Å². The first-order chi connectivity index (χ1) is 15.0. The van der Waals surface area contributed by atoms with E-state index in [9.17, 15) is 14.0 Å². The lowest BCUT2D eigenvalue weighted by molar-refractivity contribution is -0.123. The molecule has 156 valence electrons. The van der Waals surface area contributed by atoms with Crippen LogP contribution < -0.4 is 4.74 Å². The lowest BCUT2D eigenvalue weighted by Crippen LogP contribution is -2.27. The smallest absolute Gasteiger partial charge is 0.293 e. The van der Waals surface area contributed by atoms with E-state index in [1.165, 1.54) is 17.0 Å². The Bertz CT molecular complexity index is 1140. The van der Waals surface area contributed by atoms with E-state index in [-0.39, 0.29) is 23.5 Å². The Morgan fingerprint density at radius 3 is 2.39 bits per heavy atom. The molecule has 0 aliphatic carbocycles. The summed E-state index contributed by atoms with van der Waals surface area (Å²) in [5.74, 6) is 0.0976. The number of benzene rings is 3. The maximum Gasteiger partial charge on any atom is 0.293 e. The number of imide groups is 1. The van der Waals surface area contributed by atoms with E-state index in [0.29, 0.717) is 17.3 Å². The summed E-state index contributed by atoms with van der Waals surface area (Å²) in [4.78, 5) is 26.8. The predicted molar refractivity (Wildman–Crippen MR) is 120 cm³/mol. The van der Waals surface area contributed by atoms with Crippen LogP contribution in [0.3, 0.4) is 0 Å². The summed E-state index contributed by atoms with van der Waals surface area (Å²) in [6, 6.07) is 21.1. The van der Waals surface area contributed by atoms with Gasteiger partial charge in [0.2, 0.25) is 0 Å². The fourth-order valence-corrected chi connectivity index (χ4v) is 3.99. The van der Waals surface area contributed by atoms with Gasteiger partial charge < -0.3 is 4.74 Å². The molecule has 1 fully saturated rings. The van der Waals surface area contributed by atoms with Gasteiger partial charge in [-0.1, -0.05) is 48.5 Å². The molecule has 3 aromatic carbocycles. The lowest BCUT2D eigenvalue weighted by Gasteiger charge is -2.14. The highest BCUT2D eigenvalue weighted by atomic mass is 32.2. The van der Waals surface area contributed by atoms with Crippen LogP contribution in [-0.2, 0) is 17.9 Å². The summed E-state index contributed by atoms with van der Waals surface area (Å²) in [6.07, 6.45) is 1.71. The topological polar surface area (TPSA) is 46.6 Å². The van der Waals surface area contributed by atoms with Crippen molar-refractivity contribution in [1.82, 2.24) is 4.90 Å². The standard InChI is InChI=1S/C25H20FNO3S/c1-17-4-2-3-5-20(17)15-27-24(28)23(31-25(27)29)14-18-8-12-22(13-9-18)30-16-19-6-10-21(26)11-7-19/h2-14H,15-16H2,1H3/b23-14-. The molecule has 4 rings (SSSR count). The fourth-order valence-electron chi connectivity index (χ4n) is 3.15. The Hall–Kier alpha value is -3.38. The molecule has 2 amide bonds.